The minimum absolute atomic E-state index is 0.0791. The number of ether oxygens (including phenoxy) is 3. The van der Waals surface area contributed by atoms with Crippen LogP contribution in [-0.4, -0.2) is 68.2 Å². The van der Waals surface area contributed by atoms with Gasteiger partial charge in [0.2, 0.25) is 10.0 Å². The van der Waals surface area contributed by atoms with Crippen LogP contribution in [0, 0.1) is 0 Å². The number of hydrogen-bond acceptors (Lipinski definition) is 8. The molecule has 3 aromatic rings. The fraction of sp³-hybridized carbons (Fsp3) is 0.407. The summed E-state index contributed by atoms with van der Waals surface area (Å²) >= 11 is 0. The number of hydrogen-bond donors (Lipinski definition) is 0. The first-order chi connectivity index (χ1) is 18.0. The lowest BCUT2D eigenvalue weighted by Crippen LogP contribution is -2.50. The molecule has 0 spiro atoms. The van der Waals surface area contributed by atoms with Crippen LogP contribution in [0.15, 0.2) is 71.9 Å². The number of sulfonamides is 1. The molecule has 2 aromatic heterocycles. The zero-order valence-corrected chi connectivity index (χ0v) is 21.7. The lowest BCUT2D eigenvalue weighted by molar-refractivity contribution is 0.135. The fourth-order valence-corrected chi connectivity index (χ4v) is 6.34. The lowest BCUT2D eigenvalue weighted by atomic mass is 10.0. The minimum atomic E-state index is -3.60. The highest BCUT2D eigenvalue weighted by Gasteiger charge is 2.34. The van der Waals surface area contributed by atoms with E-state index in [1.165, 1.54) is 0 Å². The number of benzene rings is 1. The Morgan fingerprint density at radius 3 is 2.70 bits per heavy atom. The third kappa shape index (κ3) is 5.87. The predicted octanol–water partition coefficient (Wildman–Crippen LogP) is 3.51. The van der Waals surface area contributed by atoms with Crippen molar-refractivity contribution >= 4 is 15.8 Å². The van der Waals surface area contributed by atoms with E-state index in [0.717, 1.165) is 24.8 Å². The van der Waals surface area contributed by atoms with E-state index in [-0.39, 0.29) is 12.1 Å². The molecule has 1 unspecified atom stereocenters. The Morgan fingerprint density at radius 1 is 1.11 bits per heavy atom. The quantitative estimate of drug-likeness (QED) is 0.420. The van der Waals surface area contributed by atoms with Gasteiger partial charge < -0.3 is 19.1 Å². The molecule has 2 aliphatic rings. The molecule has 0 N–H and O–H groups in total. The lowest BCUT2D eigenvalue weighted by Gasteiger charge is -2.39. The number of nitrogens with zero attached hydrogens (tertiary/aromatic N) is 4. The highest BCUT2D eigenvalue weighted by molar-refractivity contribution is 7.89. The van der Waals surface area contributed by atoms with Crippen LogP contribution in [0.25, 0.3) is 0 Å². The van der Waals surface area contributed by atoms with Gasteiger partial charge in [-0.25, -0.2) is 8.42 Å². The molecule has 4 heterocycles. The van der Waals surface area contributed by atoms with Crippen LogP contribution < -0.4 is 14.4 Å². The SMILES string of the molecule is COc1ccc(N(Cc2cccnc2)C2CCCN(S(=O)(=O)c3ccccc3)C2)nc1O[C@@H]1CCOC1. The maximum Gasteiger partial charge on any atom is 0.259 e. The molecule has 0 saturated carbocycles. The minimum Gasteiger partial charge on any atom is -0.491 e. The highest BCUT2D eigenvalue weighted by Crippen LogP contribution is 2.33. The summed E-state index contributed by atoms with van der Waals surface area (Å²) in [6.45, 7) is 2.55. The highest BCUT2D eigenvalue weighted by atomic mass is 32.2. The van der Waals surface area contributed by atoms with Gasteiger partial charge in [0.05, 0.1) is 25.2 Å². The Morgan fingerprint density at radius 2 is 1.97 bits per heavy atom. The number of aromatic nitrogens is 2. The molecule has 0 radical (unpaired) electrons. The second-order valence-corrected chi connectivity index (χ2v) is 11.2. The summed E-state index contributed by atoms with van der Waals surface area (Å²) in [5, 5.41) is 0. The van der Waals surface area contributed by atoms with Crippen LogP contribution in [0.2, 0.25) is 0 Å². The average Bonchev–Trinajstić information content (AvgIpc) is 3.46. The zero-order chi connectivity index (χ0) is 25.7. The third-order valence-electron chi connectivity index (χ3n) is 6.75. The van der Waals surface area contributed by atoms with E-state index in [1.54, 1.807) is 41.9 Å². The van der Waals surface area contributed by atoms with Crippen LogP contribution in [-0.2, 0) is 21.3 Å². The summed E-state index contributed by atoms with van der Waals surface area (Å²) in [5.74, 6) is 1.66. The monoisotopic (exact) mass is 524 g/mol. The van der Waals surface area contributed by atoms with Crippen LogP contribution in [0.3, 0.4) is 0 Å². The van der Waals surface area contributed by atoms with E-state index in [2.05, 4.69) is 9.88 Å². The molecule has 10 heteroatoms. The molecular weight excluding hydrogens is 492 g/mol. The van der Waals surface area contributed by atoms with E-state index < -0.39 is 10.0 Å². The standard InChI is InChI=1S/C27H32N4O5S/c1-34-25-11-12-26(29-27(25)36-23-13-16-35-20-23)31(18-21-7-5-14-28-17-21)22-8-6-15-30(19-22)37(32,33)24-9-3-2-4-10-24/h2-5,7,9-12,14,17,22-23H,6,8,13,15-16,18-20H2,1H3/t22?,23-/m1/s1. The first-order valence-electron chi connectivity index (χ1n) is 12.5. The van der Waals surface area contributed by atoms with Crippen molar-refractivity contribution in [3.63, 3.8) is 0 Å². The molecule has 2 aliphatic heterocycles. The van der Waals surface area contributed by atoms with E-state index in [1.807, 2.05) is 36.5 Å². The molecule has 0 aliphatic carbocycles. The smallest absolute Gasteiger partial charge is 0.259 e. The van der Waals surface area contributed by atoms with Crippen molar-refractivity contribution in [3.05, 3.63) is 72.6 Å². The van der Waals surface area contributed by atoms with E-state index in [9.17, 15) is 8.42 Å². The normalized spacial score (nSPS) is 20.5. The summed E-state index contributed by atoms with van der Waals surface area (Å²) in [7, 11) is -2.01. The van der Waals surface area contributed by atoms with Crippen molar-refractivity contribution in [2.24, 2.45) is 0 Å². The van der Waals surface area contributed by atoms with Gasteiger partial charge in [-0.3, -0.25) is 4.98 Å². The van der Waals surface area contributed by atoms with Gasteiger partial charge in [-0.05, 0) is 48.7 Å². The van der Waals surface area contributed by atoms with Crippen LogP contribution >= 0.6 is 0 Å². The Kier molecular flexibility index (Phi) is 7.87. The molecule has 9 nitrogen and oxygen atoms in total. The van der Waals surface area contributed by atoms with Gasteiger partial charge in [-0.2, -0.15) is 9.29 Å². The second-order valence-electron chi connectivity index (χ2n) is 9.24. The van der Waals surface area contributed by atoms with Crippen LogP contribution in [0.4, 0.5) is 5.82 Å². The average molecular weight is 525 g/mol. The van der Waals surface area contributed by atoms with Gasteiger partial charge >= 0.3 is 0 Å². The molecule has 1 aromatic carbocycles. The first-order valence-corrected chi connectivity index (χ1v) is 14.0. The van der Waals surface area contributed by atoms with Crippen molar-refractivity contribution in [2.75, 3.05) is 38.3 Å². The third-order valence-corrected chi connectivity index (χ3v) is 8.63. The Labute approximate surface area is 218 Å². The molecule has 2 atom stereocenters. The maximum atomic E-state index is 13.4. The molecule has 0 amide bonds. The fourth-order valence-electron chi connectivity index (χ4n) is 4.80. The van der Waals surface area contributed by atoms with Gasteiger partial charge in [-0.1, -0.05) is 24.3 Å². The van der Waals surface area contributed by atoms with E-state index >= 15 is 0 Å². The van der Waals surface area contributed by atoms with Crippen LogP contribution in [0.5, 0.6) is 11.6 Å². The number of rotatable bonds is 9. The Hall–Kier alpha value is -3.21. The molecule has 2 fully saturated rings. The summed E-state index contributed by atoms with van der Waals surface area (Å²) < 4.78 is 45.6. The van der Waals surface area contributed by atoms with Gasteiger partial charge in [0.1, 0.15) is 11.9 Å². The van der Waals surface area contributed by atoms with Crippen molar-refractivity contribution < 1.29 is 22.6 Å². The van der Waals surface area contributed by atoms with Gasteiger partial charge in [0.25, 0.3) is 5.88 Å². The zero-order valence-electron chi connectivity index (χ0n) is 20.9. The van der Waals surface area contributed by atoms with Crippen molar-refractivity contribution in [1.29, 1.82) is 0 Å². The number of piperidine rings is 1. The summed E-state index contributed by atoms with van der Waals surface area (Å²) in [5.41, 5.74) is 1.01. The molecule has 5 rings (SSSR count). The molecule has 2 saturated heterocycles. The Balaban J connectivity index is 1.46. The maximum absolute atomic E-state index is 13.4. The Bertz CT molecular complexity index is 1270. The number of methoxy groups -OCH3 is 1. The van der Waals surface area contributed by atoms with Crippen LogP contribution in [0.1, 0.15) is 24.8 Å². The van der Waals surface area contributed by atoms with Gasteiger partial charge in [0, 0.05) is 44.5 Å². The number of pyridine rings is 2. The van der Waals surface area contributed by atoms with E-state index in [0.29, 0.717) is 55.2 Å². The molecular formula is C27H32N4O5S. The second kappa shape index (κ2) is 11.5. The molecule has 0 bridgehead atoms. The first kappa shape index (κ1) is 25.4. The summed E-state index contributed by atoms with van der Waals surface area (Å²) in [6.07, 6.45) is 5.86. The number of anilines is 1. The van der Waals surface area contributed by atoms with E-state index in [4.69, 9.17) is 19.2 Å². The topological polar surface area (TPSA) is 94.1 Å². The van der Waals surface area contributed by atoms with Crippen molar-refractivity contribution in [2.45, 2.75) is 42.8 Å². The summed E-state index contributed by atoms with van der Waals surface area (Å²) in [4.78, 5) is 11.6. The van der Waals surface area contributed by atoms with Gasteiger partial charge in [0.15, 0.2) is 5.75 Å². The molecule has 37 heavy (non-hydrogen) atoms. The molecule has 196 valence electrons. The van der Waals surface area contributed by atoms with Gasteiger partial charge in [-0.15, -0.1) is 0 Å². The van der Waals surface area contributed by atoms with Crippen molar-refractivity contribution in [1.82, 2.24) is 14.3 Å². The predicted molar refractivity (Wildman–Crippen MR) is 139 cm³/mol. The largest absolute Gasteiger partial charge is 0.491 e. The summed E-state index contributed by atoms with van der Waals surface area (Å²) in [6, 6.07) is 16.2. The van der Waals surface area contributed by atoms with Crippen molar-refractivity contribution in [3.8, 4) is 11.6 Å².